The predicted molar refractivity (Wildman–Crippen MR) is 133 cm³/mol. The Labute approximate surface area is 204 Å². The summed E-state index contributed by atoms with van der Waals surface area (Å²) >= 11 is 6.48. The molecule has 0 saturated heterocycles. The molecule has 2 aromatic heterocycles. The molecule has 34 heavy (non-hydrogen) atoms. The van der Waals surface area contributed by atoms with Crippen molar-refractivity contribution in [2.24, 2.45) is 5.92 Å². The first kappa shape index (κ1) is 25.7. The van der Waals surface area contributed by atoms with E-state index < -0.39 is 17.2 Å². The van der Waals surface area contributed by atoms with E-state index >= 15 is 0 Å². The first-order chi connectivity index (χ1) is 15.8. The highest BCUT2D eigenvalue weighted by Gasteiger charge is 2.43. The lowest BCUT2D eigenvalue weighted by Gasteiger charge is -2.47. The summed E-state index contributed by atoms with van der Waals surface area (Å²) in [6.45, 7) is 11.7. The van der Waals surface area contributed by atoms with Gasteiger partial charge >= 0.3 is 6.09 Å². The molecule has 0 saturated carbocycles. The van der Waals surface area contributed by atoms with Crippen LogP contribution in [-0.2, 0) is 0 Å². The lowest BCUT2D eigenvalue weighted by molar-refractivity contribution is -0.0109. The van der Waals surface area contributed by atoms with Crippen LogP contribution < -0.4 is 4.74 Å². The van der Waals surface area contributed by atoms with E-state index in [1.165, 1.54) is 17.0 Å². The van der Waals surface area contributed by atoms with Crippen LogP contribution in [0.4, 0.5) is 9.18 Å². The van der Waals surface area contributed by atoms with E-state index in [1.54, 1.807) is 30.5 Å². The number of carbonyl (C=O) groups is 1. The molecule has 0 bridgehead atoms. The molecule has 0 aliphatic heterocycles. The van der Waals surface area contributed by atoms with Gasteiger partial charge in [0.05, 0.1) is 16.7 Å². The van der Waals surface area contributed by atoms with Gasteiger partial charge in [-0.1, -0.05) is 25.4 Å². The molecule has 2 heterocycles. The van der Waals surface area contributed by atoms with Gasteiger partial charge in [0.1, 0.15) is 12.4 Å². The average Bonchev–Trinajstić information content (AvgIpc) is 2.70. The maximum atomic E-state index is 13.6. The van der Waals surface area contributed by atoms with Crippen LogP contribution in [0.3, 0.4) is 0 Å². The van der Waals surface area contributed by atoms with Crippen molar-refractivity contribution in [1.29, 1.82) is 0 Å². The second-order valence-corrected chi connectivity index (χ2v) is 10.5. The summed E-state index contributed by atoms with van der Waals surface area (Å²) < 4.78 is 19.7. The Hall–Kier alpha value is -2.93. The Morgan fingerprint density at radius 3 is 2.47 bits per heavy atom. The van der Waals surface area contributed by atoms with Crippen LogP contribution in [0.5, 0.6) is 5.75 Å². The number of pyridine rings is 2. The quantitative estimate of drug-likeness (QED) is 0.361. The summed E-state index contributed by atoms with van der Waals surface area (Å²) in [6.07, 6.45) is 1.21. The molecular formula is C26H31ClFN3O3. The van der Waals surface area contributed by atoms with Gasteiger partial charge in [0, 0.05) is 28.8 Å². The molecule has 0 spiro atoms. The summed E-state index contributed by atoms with van der Waals surface area (Å²) in [5.41, 5.74) is 0.491. The molecule has 3 aromatic rings. The van der Waals surface area contributed by atoms with Gasteiger partial charge in [0.25, 0.3) is 0 Å². The minimum Gasteiger partial charge on any atom is -0.488 e. The highest BCUT2D eigenvalue weighted by atomic mass is 35.5. The zero-order chi connectivity index (χ0) is 25.3. The van der Waals surface area contributed by atoms with Gasteiger partial charge in [-0.2, -0.15) is 0 Å². The molecule has 3 rings (SSSR count). The van der Waals surface area contributed by atoms with Crippen molar-refractivity contribution in [3.8, 4) is 17.0 Å². The third-order valence-corrected chi connectivity index (χ3v) is 5.85. The fourth-order valence-corrected chi connectivity index (χ4v) is 4.89. The van der Waals surface area contributed by atoms with Crippen LogP contribution in [0.25, 0.3) is 22.2 Å². The lowest BCUT2D eigenvalue weighted by atomic mass is 9.86. The summed E-state index contributed by atoms with van der Waals surface area (Å²) in [7, 11) is 0. The molecule has 1 aromatic carbocycles. The highest BCUT2D eigenvalue weighted by Crippen LogP contribution is 2.35. The number of carboxylic acid groups (broad SMARTS) is 1. The number of benzene rings is 1. The zero-order valence-electron chi connectivity index (χ0n) is 20.4. The average molecular weight is 488 g/mol. The zero-order valence-corrected chi connectivity index (χ0v) is 21.2. The van der Waals surface area contributed by atoms with Gasteiger partial charge in [0.2, 0.25) is 0 Å². The Kier molecular flexibility index (Phi) is 7.36. The number of fused-ring (bicyclic) bond motifs is 1. The number of amides is 1. The highest BCUT2D eigenvalue weighted by molar-refractivity contribution is 6.31. The summed E-state index contributed by atoms with van der Waals surface area (Å²) in [5.74, 6) is 0.254. The fourth-order valence-electron chi connectivity index (χ4n) is 4.68. The van der Waals surface area contributed by atoms with Gasteiger partial charge in [-0.25, -0.2) is 14.2 Å². The number of aromatic nitrogens is 2. The van der Waals surface area contributed by atoms with Crippen LogP contribution in [0.1, 0.15) is 48.0 Å². The number of hydrogen-bond acceptors (Lipinski definition) is 4. The van der Waals surface area contributed by atoms with E-state index in [2.05, 4.69) is 23.8 Å². The first-order valence-electron chi connectivity index (χ1n) is 11.2. The van der Waals surface area contributed by atoms with Crippen molar-refractivity contribution >= 4 is 28.6 Å². The largest absolute Gasteiger partial charge is 0.488 e. The molecule has 1 unspecified atom stereocenters. The smallest absolute Gasteiger partial charge is 0.408 e. The number of halogens is 2. The van der Waals surface area contributed by atoms with E-state index in [-0.39, 0.29) is 23.5 Å². The van der Waals surface area contributed by atoms with E-state index in [0.29, 0.717) is 23.4 Å². The Balaban J connectivity index is 1.91. The van der Waals surface area contributed by atoms with Crippen molar-refractivity contribution in [2.45, 2.75) is 59.0 Å². The van der Waals surface area contributed by atoms with Crippen molar-refractivity contribution in [3.05, 3.63) is 53.6 Å². The Morgan fingerprint density at radius 1 is 1.18 bits per heavy atom. The van der Waals surface area contributed by atoms with E-state index in [1.807, 2.05) is 27.7 Å². The number of rotatable bonds is 7. The van der Waals surface area contributed by atoms with E-state index in [4.69, 9.17) is 16.3 Å². The number of nitrogens with zero attached hydrogens (tertiary/aromatic N) is 3. The molecule has 1 amide bonds. The normalized spacial score (nSPS) is 13.7. The number of ether oxygens (including phenoxy) is 1. The first-order valence-corrected chi connectivity index (χ1v) is 11.6. The van der Waals surface area contributed by atoms with Crippen LogP contribution in [0.2, 0.25) is 5.15 Å². The standard InChI is InChI=1S/C26H31ClFN3O3/c1-16(2)14-26(6,31(24(32)33)25(3,4)5)15-34-22-10-9-20(30-23(22)27)19-11-12-29-21-13-17(28)7-8-18(19)21/h7-13,16H,14-15H2,1-6H3,(H,32,33). The molecule has 0 fully saturated rings. The second kappa shape index (κ2) is 9.74. The molecule has 0 radical (unpaired) electrons. The second-order valence-electron chi connectivity index (χ2n) is 10.2. The molecule has 8 heteroatoms. The fraction of sp³-hybridized carbons (Fsp3) is 0.423. The van der Waals surface area contributed by atoms with Crippen LogP contribution >= 0.6 is 11.6 Å². The Morgan fingerprint density at radius 2 is 1.88 bits per heavy atom. The molecule has 0 aliphatic rings. The van der Waals surface area contributed by atoms with Gasteiger partial charge in [-0.15, -0.1) is 0 Å². The molecule has 6 nitrogen and oxygen atoms in total. The topological polar surface area (TPSA) is 75.6 Å². The summed E-state index contributed by atoms with van der Waals surface area (Å²) in [6, 6.07) is 9.71. The van der Waals surface area contributed by atoms with Gasteiger partial charge in [-0.3, -0.25) is 9.88 Å². The monoisotopic (exact) mass is 487 g/mol. The third kappa shape index (κ3) is 5.58. The molecule has 1 atom stereocenters. The van der Waals surface area contributed by atoms with E-state index in [0.717, 1.165) is 10.9 Å². The Bertz CT molecular complexity index is 1200. The number of hydrogen-bond donors (Lipinski definition) is 1. The van der Waals surface area contributed by atoms with Crippen molar-refractivity contribution in [2.75, 3.05) is 6.61 Å². The van der Waals surface area contributed by atoms with Crippen LogP contribution in [-0.4, -0.2) is 43.8 Å². The molecule has 182 valence electrons. The minimum atomic E-state index is -1.00. The SMILES string of the molecule is CC(C)CC(C)(COc1ccc(-c2ccnc3cc(F)ccc23)nc1Cl)N(C(=O)O)C(C)(C)C. The summed E-state index contributed by atoms with van der Waals surface area (Å²) in [5, 5.41) is 10.9. The maximum absolute atomic E-state index is 13.6. The maximum Gasteiger partial charge on any atom is 0.408 e. The predicted octanol–water partition coefficient (Wildman–Crippen LogP) is 7.05. The van der Waals surface area contributed by atoms with Crippen LogP contribution in [0, 0.1) is 11.7 Å². The van der Waals surface area contributed by atoms with Crippen molar-refractivity contribution in [1.82, 2.24) is 14.9 Å². The molecule has 1 N–H and O–H groups in total. The van der Waals surface area contributed by atoms with Gasteiger partial charge < -0.3 is 9.84 Å². The summed E-state index contributed by atoms with van der Waals surface area (Å²) in [4.78, 5) is 22.4. The van der Waals surface area contributed by atoms with E-state index in [9.17, 15) is 14.3 Å². The lowest BCUT2D eigenvalue weighted by Crippen LogP contribution is -2.61. The molecule has 0 aliphatic carbocycles. The van der Waals surface area contributed by atoms with Crippen molar-refractivity contribution in [3.63, 3.8) is 0 Å². The third-order valence-electron chi connectivity index (χ3n) is 5.58. The van der Waals surface area contributed by atoms with Crippen molar-refractivity contribution < 1.29 is 19.0 Å². The van der Waals surface area contributed by atoms with Gasteiger partial charge in [0.15, 0.2) is 10.9 Å². The van der Waals surface area contributed by atoms with Gasteiger partial charge in [-0.05, 0) is 70.4 Å². The van der Waals surface area contributed by atoms with Crippen LogP contribution in [0.15, 0.2) is 42.6 Å². The minimum absolute atomic E-state index is 0.118. The molecular weight excluding hydrogens is 457 g/mol.